The van der Waals surface area contributed by atoms with Gasteiger partial charge in [0.15, 0.2) is 0 Å². The largest absolute Gasteiger partial charge is 0.392 e. The monoisotopic (exact) mass is 176 g/mol. The molecule has 3 aliphatic rings. The van der Waals surface area contributed by atoms with E-state index in [1.807, 2.05) is 0 Å². The van der Waals surface area contributed by atoms with Gasteiger partial charge in [-0.05, 0) is 49.2 Å². The summed E-state index contributed by atoms with van der Waals surface area (Å²) in [5, 5.41) is 9.77. The normalized spacial score (nSPS) is 42.4. The van der Waals surface area contributed by atoms with Crippen LogP contribution in [-0.2, 0) is 0 Å². The third-order valence-corrected chi connectivity index (χ3v) is 3.85. The lowest BCUT2D eigenvalue weighted by Crippen LogP contribution is -2.18. The van der Waals surface area contributed by atoms with Crippen molar-refractivity contribution in [3.8, 4) is 0 Å². The van der Waals surface area contributed by atoms with Crippen molar-refractivity contribution in [3.63, 3.8) is 0 Å². The molecule has 0 heterocycles. The molecule has 0 aliphatic heterocycles. The third kappa shape index (κ3) is 1.10. The maximum Gasteiger partial charge on any atom is 0.0608 e. The number of aliphatic hydroxyl groups is 1. The fraction of sp³-hybridized carbons (Fsp3) is 0.667. The molecule has 0 saturated heterocycles. The number of aliphatic hydroxyl groups excluding tert-OH is 1. The molecule has 0 aromatic carbocycles. The van der Waals surface area contributed by atoms with Crippen LogP contribution in [0.5, 0.6) is 0 Å². The van der Waals surface area contributed by atoms with E-state index in [9.17, 15) is 5.11 Å². The van der Waals surface area contributed by atoms with Gasteiger partial charge in [-0.1, -0.05) is 12.2 Å². The van der Waals surface area contributed by atoms with Crippen LogP contribution in [0.3, 0.4) is 0 Å². The highest BCUT2D eigenvalue weighted by atomic mass is 16.3. The van der Waals surface area contributed by atoms with Gasteiger partial charge in [-0.3, -0.25) is 0 Å². The predicted octanol–water partition coefficient (Wildman–Crippen LogP) is 2.42. The molecule has 0 spiro atoms. The number of fused-ring (bicyclic) bond motifs is 2. The van der Waals surface area contributed by atoms with Gasteiger partial charge in [0.1, 0.15) is 0 Å². The van der Waals surface area contributed by atoms with Crippen LogP contribution in [0.1, 0.15) is 32.1 Å². The third-order valence-electron chi connectivity index (χ3n) is 3.85. The molecule has 2 fully saturated rings. The number of rotatable bonds is 0. The van der Waals surface area contributed by atoms with Crippen molar-refractivity contribution in [1.82, 2.24) is 0 Å². The van der Waals surface area contributed by atoms with Crippen molar-refractivity contribution >= 4 is 0 Å². The van der Waals surface area contributed by atoms with Gasteiger partial charge in [-0.15, -0.1) is 0 Å². The highest BCUT2D eigenvalue weighted by Gasteiger charge is 2.36. The molecular weight excluding hydrogens is 160 g/mol. The second kappa shape index (κ2) is 2.71. The second-order valence-corrected chi connectivity index (χ2v) is 4.62. The van der Waals surface area contributed by atoms with E-state index in [0.29, 0.717) is 11.8 Å². The molecule has 1 N–H and O–H groups in total. The zero-order chi connectivity index (χ0) is 8.84. The summed E-state index contributed by atoms with van der Waals surface area (Å²) in [6.45, 7) is 0. The van der Waals surface area contributed by atoms with Crippen molar-refractivity contribution in [1.29, 1.82) is 0 Å². The molecule has 13 heavy (non-hydrogen) atoms. The van der Waals surface area contributed by atoms with E-state index in [0.717, 1.165) is 6.42 Å². The highest BCUT2D eigenvalue weighted by molar-refractivity contribution is 5.40. The molecular formula is C12H16O. The molecule has 3 rings (SSSR count). The summed E-state index contributed by atoms with van der Waals surface area (Å²) in [5.41, 5.74) is 3.14. The zero-order valence-electron chi connectivity index (χ0n) is 7.87. The van der Waals surface area contributed by atoms with Crippen molar-refractivity contribution < 1.29 is 5.11 Å². The first-order valence-electron chi connectivity index (χ1n) is 5.44. The van der Waals surface area contributed by atoms with Crippen LogP contribution in [0.2, 0.25) is 0 Å². The van der Waals surface area contributed by atoms with Gasteiger partial charge in [0.2, 0.25) is 0 Å². The first-order valence-corrected chi connectivity index (χ1v) is 5.44. The standard InChI is InChI=1S/C12H16O/c13-12-5-4-10-6-8-2-1-3-9(8)7-11(10)12/h6-7,10-13H,1-5H2. The Morgan fingerprint density at radius 3 is 2.69 bits per heavy atom. The topological polar surface area (TPSA) is 20.2 Å². The zero-order valence-corrected chi connectivity index (χ0v) is 7.87. The minimum Gasteiger partial charge on any atom is -0.392 e. The lowest BCUT2D eigenvalue weighted by atomic mass is 9.85. The van der Waals surface area contributed by atoms with Crippen LogP contribution in [0.4, 0.5) is 0 Å². The highest BCUT2D eigenvalue weighted by Crippen LogP contribution is 2.44. The number of hydrogen-bond donors (Lipinski definition) is 1. The lowest BCUT2D eigenvalue weighted by molar-refractivity contribution is 0.146. The van der Waals surface area contributed by atoms with Crippen molar-refractivity contribution in [2.45, 2.75) is 38.2 Å². The van der Waals surface area contributed by atoms with Crippen LogP contribution < -0.4 is 0 Å². The Hall–Kier alpha value is -0.560. The molecule has 3 atom stereocenters. The Morgan fingerprint density at radius 2 is 1.85 bits per heavy atom. The van der Waals surface area contributed by atoms with Gasteiger partial charge in [-0.2, -0.15) is 0 Å². The molecule has 3 aliphatic carbocycles. The molecule has 1 heteroatoms. The molecule has 70 valence electrons. The van der Waals surface area contributed by atoms with Crippen LogP contribution in [-0.4, -0.2) is 11.2 Å². The summed E-state index contributed by atoms with van der Waals surface area (Å²) in [6, 6.07) is 0. The first kappa shape index (κ1) is 7.81. The van der Waals surface area contributed by atoms with Crippen LogP contribution >= 0.6 is 0 Å². The van der Waals surface area contributed by atoms with Crippen LogP contribution in [0.25, 0.3) is 0 Å². The minimum atomic E-state index is -0.0594. The van der Waals surface area contributed by atoms with Gasteiger partial charge >= 0.3 is 0 Å². The molecule has 0 aromatic heterocycles. The summed E-state index contributed by atoms with van der Waals surface area (Å²) >= 11 is 0. The Balaban J connectivity index is 1.96. The first-order chi connectivity index (χ1) is 6.34. The summed E-state index contributed by atoms with van der Waals surface area (Å²) < 4.78 is 0. The van der Waals surface area contributed by atoms with Gasteiger partial charge < -0.3 is 5.11 Å². The molecule has 0 radical (unpaired) electrons. The van der Waals surface area contributed by atoms with E-state index in [1.165, 1.54) is 25.7 Å². The maximum absolute atomic E-state index is 9.77. The summed E-state index contributed by atoms with van der Waals surface area (Å²) in [4.78, 5) is 0. The average Bonchev–Trinajstić information content (AvgIpc) is 2.70. The molecule has 0 bridgehead atoms. The van der Waals surface area contributed by atoms with Crippen molar-refractivity contribution in [3.05, 3.63) is 23.3 Å². The number of hydrogen-bond acceptors (Lipinski definition) is 1. The lowest BCUT2D eigenvalue weighted by Gasteiger charge is -2.22. The Morgan fingerprint density at radius 1 is 1.08 bits per heavy atom. The van der Waals surface area contributed by atoms with E-state index in [-0.39, 0.29) is 6.10 Å². The second-order valence-electron chi connectivity index (χ2n) is 4.62. The fourth-order valence-corrected chi connectivity index (χ4v) is 3.12. The number of allylic oxidation sites excluding steroid dienone is 3. The molecule has 0 amide bonds. The van der Waals surface area contributed by atoms with Crippen LogP contribution in [0, 0.1) is 11.8 Å². The van der Waals surface area contributed by atoms with E-state index in [4.69, 9.17) is 0 Å². The Bertz CT molecular complexity index is 287. The van der Waals surface area contributed by atoms with Gasteiger partial charge in [-0.25, -0.2) is 0 Å². The van der Waals surface area contributed by atoms with Crippen LogP contribution in [0.15, 0.2) is 23.3 Å². The van der Waals surface area contributed by atoms with E-state index >= 15 is 0 Å². The van der Waals surface area contributed by atoms with Gasteiger partial charge in [0, 0.05) is 5.92 Å². The molecule has 0 aromatic rings. The van der Waals surface area contributed by atoms with Crippen molar-refractivity contribution in [2.75, 3.05) is 0 Å². The van der Waals surface area contributed by atoms with E-state index in [1.54, 1.807) is 11.1 Å². The summed E-state index contributed by atoms with van der Waals surface area (Å²) in [7, 11) is 0. The summed E-state index contributed by atoms with van der Waals surface area (Å²) in [5.74, 6) is 1.11. The molecule has 2 saturated carbocycles. The summed E-state index contributed by atoms with van der Waals surface area (Å²) in [6.07, 6.45) is 10.8. The SMILES string of the molecule is OC1CCC2C=C3CCCC3=CC12. The van der Waals surface area contributed by atoms with Crippen molar-refractivity contribution in [2.24, 2.45) is 11.8 Å². The Labute approximate surface area is 79.2 Å². The fourth-order valence-electron chi connectivity index (χ4n) is 3.12. The average molecular weight is 176 g/mol. The maximum atomic E-state index is 9.77. The molecule has 1 nitrogen and oxygen atoms in total. The minimum absolute atomic E-state index is 0.0594. The van der Waals surface area contributed by atoms with E-state index in [2.05, 4.69) is 12.2 Å². The molecule has 3 unspecified atom stereocenters. The predicted molar refractivity (Wildman–Crippen MR) is 52.2 cm³/mol. The van der Waals surface area contributed by atoms with E-state index < -0.39 is 0 Å². The van der Waals surface area contributed by atoms with Gasteiger partial charge in [0.25, 0.3) is 0 Å². The van der Waals surface area contributed by atoms with Gasteiger partial charge in [0.05, 0.1) is 6.10 Å². The quantitative estimate of drug-likeness (QED) is 0.601. The smallest absolute Gasteiger partial charge is 0.0608 e. The Kier molecular flexibility index (Phi) is 1.63.